The average Bonchev–Trinajstić information content (AvgIpc) is 2.52. The number of pyridine rings is 1. The zero-order chi connectivity index (χ0) is 17.6. The Morgan fingerprint density at radius 1 is 1.12 bits per heavy atom. The Labute approximate surface area is 138 Å². The number of rotatable bonds is 6. The second kappa shape index (κ2) is 7.82. The fourth-order valence-corrected chi connectivity index (χ4v) is 2.42. The molecule has 1 aromatic heterocycles. The lowest BCUT2D eigenvalue weighted by atomic mass is 10.0. The number of aromatic nitrogens is 1. The summed E-state index contributed by atoms with van der Waals surface area (Å²) in [6.07, 6.45) is -1.73. The maximum absolute atomic E-state index is 12.5. The molecule has 0 radical (unpaired) electrons. The van der Waals surface area contributed by atoms with Crippen LogP contribution in [0.15, 0.2) is 36.4 Å². The summed E-state index contributed by atoms with van der Waals surface area (Å²) in [5.41, 5.74) is 2.54. The number of benzene rings is 1. The van der Waals surface area contributed by atoms with Crippen molar-refractivity contribution in [2.75, 3.05) is 0 Å². The van der Waals surface area contributed by atoms with Gasteiger partial charge in [0.05, 0.1) is 11.8 Å². The fraction of sp³-hybridized carbons (Fsp3) is 0.333. The molecule has 0 saturated carbocycles. The molecule has 0 N–H and O–H groups in total. The lowest BCUT2D eigenvalue weighted by Gasteiger charge is -2.14. The predicted octanol–water partition coefficient (Wildman–Crippen LogP) is 5.19. The molecule has 0 amide bonds. The lowest BCUT2D eigenvalue weighted by Crippen LogP contribution is -2.17. The largest absolute Gasteiger partial charge is 0.573 e. The first-order chi connectivity index (χ1) is 11.4. The van der Waals surface area contributed by atoms with Crippen LogP contribution in [-0.4, -0.2) is 11.3 Å². The van der Waals surface area contributed by atoms with Gasteiger partial charge < -0.3 is 4.74 Å². The lowest BCUT2D eigenvalue weighted by molar-refractivity contribution is -0.274. The Bertz CT molecular complexity index is 736. The summed E-state index contributed by atoms with van der Waals surface area (Å²) >= 11 is 0. The minimum Gasteiger partial charge on any atom is -0.405 e. The van der Waals surface area contributed by atoms with E-state index in [4.69, 9.17) is 5.26 Å². The van der Waals surface area contributed by atoms with Crippen LogP contribution in [0.4, 0.5) is 13.2 Å². The van der Waals surface area contributed by atoms with E-state index in [0.29, 0.717) is 17.7 Å². The molecule has 126 valence electrons. The zero-order valence-corrected chi connectivity index (χ0v) is 13.2. The van der Waals surface area contributed by atoms with Crippen molar-refractivity contribution < 1.29 is 17.9 Å². The number of unbranched alkanes of at least 4 members (excludes halogenated alkanes) is 2. The fourth-order valence-electron chi connectivity index (χ4n) is 2.42. The van der Waals surface area contributed by atoms with Crippen molar-refractivity contribution in [2.24, 2.45) is 0 Å². The molecule has 6 heteroatoms. The highest BCUT2D eigenvalue weighted by molar-refractivity contribution is 5.67. The quantitative estimate of drug-likeness (QED) is 0.683. The molecule has 3 nitrogen and oxygen atoms in total. The second-order valence-corrected chi connectivity index (χ2v) is 5.35. The van der Waals surface area contributed by atoms with Gasteiger partial charge in [0, 0.05) is 17.7 Å². The van der Waals surface area contributed by atoms with Gasteiger partial charge in [0.1, 0.15) is 5.75 Å². The molecule has 0 fully saturated rings. The van der Waals surface area contributed by atoms with E-state index in [1.54, 1.807) is 18.2 Å². The van der Waals surface area contributed by atoms with Crippen LogP contribution in [0.3, 0.4) is 0 Å². The van der Waals surface area contributed by atoms with Gasteiger partial charge in [-0.05, 0) is 49.9 Å². The maximum Gasteiger partial charge on any atom is 0.573 e. The average molecular weight is 334 g/mol. The van der Waals surface area contributed by atoms with Crippen molar-refractivity contribution >= 4 is 0 Å². The third kappa shape index (κ3) is 4.98. The Morgan fingerprint density at radius 2 is 1.88 bits per heavy atom. The van der Waals surface area contributed by atoms with Crippen LogP contribution in [0.1, 0.15) is 30.5 Å². The van der Waals surface area contributed by atoms with Crippen LogP contribution in [-0.2, 0) is 6.42 Å². The first-order valence-corrected chi connectivity index (χ1v) is 7.59. The maximum atomic E-state index is 12.5. The summed E-state index contributed by atoms with van der Waals surface area (Å²) < 4.78 is 41.6. The van der Waals surface area contributed by atoms with Crippen LogP contribution >= 0.6 is 0 Å². The van der Waals surface area contributed by atoms with E-state index in [1.807, 2.05) is 13.0 Å². The van der Waals surface area contributed by atoms with Gasteiger partial charge in [-0.3, -0.25) is 4.98 Å². The smallest absolute Gasteiger partial charge is 0.405 e. The Balaban J connectivity index is 2.22. The zero-order valence-electron chi connectivity index (χ0n) is 13.2. The van der Waals surface area contributed by atoms with E-state index in [9.17, 15) is 13.2 Å². The number of para-hydroxylation sites is 1. The Kier molecular flexibility index (Phi) is 5.80. The van der Waals surface area contributed by atoms with Gasteiger partial charge >= 0.3 is 6.36 Å². The molecule has 0 bridgehead atoms. The molecular weight excluding hydrogens is 317 g/mol. The van der Waals surface area contributed by atoms with Crippen LogP contribution < -0.4 is 4.74 Å². The molecule has 2 aromatic rings. The molecule has 1 heterocycles. The summed E-state index contributed by atoms with van der Waals surface area (Å²) in [6, 6.07) is 11.6. The molecule has 0 aliphatic carbocycles. The molecule has 2 rings (SSSR count). The van der Waals surface area contributed by atoms with Crippen LogP contribution in [0.2, 0.25) is 0 Å². The van der Waals surface area contributed by atoms with E-state index in [2.05, 4.69) is 15.8 Å². The van der Waals surface area contributed by atoms with E-state index in [0.717, 1.165) is 30.5 Å². The number of aryl methyl sites for hydroxylation is 2. The van der Waals surface area contributed by atoms with Gasteiger partial charge in [0.15, 0.2) is 0 Å². The highest BCUT2D eigenvalue weighted by Gasteiger charge is 2.32. The SMILES string of the molecule is Cc1nc(-c2ccccc2OC(F)(F)F)ccc1CCCCC#N. The molecule has 1 aromatic carbocycles. The first kappa shape index (κ1) is 17.8. The summed E-state index contributed by atoms with van der Waals surface area (Å²) in [4.78, 5) is 4.42. The number of alkyl halides is 3. The Morgan fingerprint density at radius 3 is 2.54 bits per heavy atom. The van der Waals surface area contributed by atoms with Gasteiger partial charge in [0.2, 0.25) is 0 Å². The third-order valence-electron chi connectivity index (χ3n) is 3.57. The van der Waals surface area contributed by atoms with Gasteiger partial charge in [-0.1, -0.05) is 18.2 Å². The standard InChI is InChI=1S/C18H17F3N2O/c1-13-14(7-3-2-6-12-22)10-11-16(23-13)15-8-4-5-9-17(15)24-18(19,20)21/h4-5,8-11H,2-3,6-7H2,1H3. The van der Waals surface area contributed by atoms with Crippen molar-refractivity contribution in [3.05, 3.63) is 47.7 Å². The van der Waals surface area contributed by atoms with E-state index < -0.39 is 6.36 Å². The summed E-state index contributed by atoms with van der Waals surface area (Å²) in [6.45, 7) is 1.83. The second-order valence-electron chi connectivity index (χ2n) is 5.35. The normalized spacial score (nSPS) is 11.1. The highest BCUT2D eigenvalue weighted by Crippen LogP contribution is 2.33. The topological polar surface area (TPSA) is 45.9 Å². The van der Waals surface area contributed by atoms with Crippen molar-refractivity contribution in [2.45, 2.75) is 39.0 Å². The molecule has 0 atom stereocenters. The highest BCUT2D eigenvalue weighted by atomic mass is 19.4. The van der Waals surface area contributed by atoms with Crippen LogP contribution in [0, 0.1) is 18.3 Å². The summed E-state index contributed by atoms with van der Waals surface area (Å²) in [5.74, 6) is -0.265. The van der Waals surface area contributed by atoms with Gasteiger partial charge in [0.25, 0.3) is 0 Å². The van der Waals surface area contributed by atoms with E-state index >= 15 is 0 Å². The molecule has 0 saturated heterocycles. The van der Waals surface area contributed by atoms with Crippen LogP contribution in [0.25, 0.3) is 11.3 Å². The van der Waals surface area contributed by atoms with Gasteiger partial charge in [-0.15, -0.1) is 13.2 Å². The number of hydrogen-bond acceptors (Lipinski definition) is 3. The van der Waals surface area contributed by atoms with E-state index in [1.165, 1.54) is 12.1 Å². The minimum absolute atomic E-state index is 0.265. The van der Waals surface area contributed by atoms with Crippen molar-refractivity contribution in [1.82, 2.24) is 4.98 Å². The molecule has 0 unspecified atom stereocenters. The molecule has 24 heavy (non-hydrogen) atoms. The van der Waals surface area contributed by atoms with Crippen molar-refractivity contribution in [3.8, 4) is 23.1 Å². The van der Waals surface area contributed by atoms with E-state index in [-0.39, 0.29) is 5.75 Å². The van der Waals surface area contributed by atoms with Crippen LogP contribution in [0.5, 0.6) is 5.75 Å². The molecule has 0 aliphatic rings. The first-order valence-electron chi connectivity index (χ1n) is 7.59. The number of ether oxygens (including phenoxy) is 1. The molecule has 0 spiro atoms. The van der Waals surface area contributed by atoms with Gasteiger partial charge in [-0.25, -0.2) is 0 Å². The number of nitrogens with zero attached hydrogens (tertiary/aromatic N) is 2. The summed E-state index contributed by atoms with van der Waals surface area (Å²) in [7, 11) is 0. The molecular formula is C18H17F3N2O. The number of nitriles is 1. The Hall–Kier alpha value is -2.55. The monoisotopic (exact) mass is 334 g/mol. The summed E-state index contributed by atoms with van der Waals surface area (Å²) in [5, 5.41) is 8.53. The minimum atomic E-state index is -4.74. The number of hydrogen-bond donors (Lipinski definition) is 0. The van der Waals surface area contributed by atoms with Gasteiger partial charge in [-0.2, -0.15) is 5.26 Å². The number of halogens is 3. The van der Waals surface area contributed by atoms with Crippen molar-refractivity contribution in [3.63, 3.8) is 0 Å². The predicted molar refractivity (Wildman–Crippen MR) is 84.3 cm³/mol. The molecule has 0 aliphatic heterocycles. The van der Waals surface area contributed by atoms with Crippen molar-refractivity contribution in [1.29, 1.82) is 5.26 Å². The third-order valence-corrected chi connectivity index (χ3v) is 3.57.